The second-order valence-corrected chi connectivity index (χ2v) is 6.33. The Labute approximate surface area is 136 Å². The van der Waals surface area contributed by atoms with Crippen molar-refractivity contribution in [2.24, 2.45) is 5.73 Å². The number of pyridine rings is 1. The topological polar surface area (TPSA) is 68.5 Å². The second-order valence-electron chi connectivity index (χ2n) is 5.52. The molecule has 1 atom stereocenters. The molecule has 5 nitrogen and oxygen atoms in total. The minimum Gasteiger partial charge on any atom is -0.448 e. The smallest absolute Gasteiger partial charge is 0.404 e. The van der Waals surface area contributed by atoms with E-state index in [1.54, 1.807) is 11.1 Å². The third-order valence-electron chi connectivity index (χ3n) is 3.77. The van der Waals surface area contributed by atoms with Crippen LogP contribution in [0.2, 0.25) is 0 Å². The van der Waals surface area contributed by atoms with E-state index < -0.39 is 12.0 Å². The summed E-state index contributed by atoms with van der Waals surface area (Å²) >= 11 is 3.28. The normalized spacial score (nSPS) is 21.5. The summed E-state index contributed by atoms with van der Waals surface area (Å²) in [6, 6.07) is 1.55. The van der Waals surface area contributed by atoms with Crippen molar-refractivity contribution in [3.8, 4) is 0 Å². The molecule has 1 aromatic heterocycles. The van der Waals surface area contributed by atoms with Crippen LogP contribution in [0.3, 0.4) is 0 Å². The van der Waals surface area contributed by atoms with Gasteiger partial charge in [-0.15, -0.1) is 0 Å². The third-order valence-corrected chi connectivity index (χ3v) is 4.20. The minimum atomic E-state index is -2.73. The summed E-state index contributed by atoms with van der Waals surface area (Å²) in [4.78, 5) is 16.5. The predicted octanol–water partition coefficient (Wildman–Crippen LogP) is 2.85. The molecule has 8 heteroatoms. The standard InChI is InChI=1S/C14H18BrF2N3O2/c1-9-5-19-12(15)4-10(9)6-20-8-14(16,17)3-2-11(20)7-22-13(18)21/h4-5,11H,2-3,6-8H2,1H3,(H2,18,21)/t11-/m1/s1. The summed E-state index contributed by atoms with van der Waals surface area (Å²) in [5, 5.41) is 0. The van der Waals surface area contributed by atoms with E-state index in [9.17, 15) is 13.6 Å². The van der Waals surface area contributed by atoms with Gasteiger partial charge in [0.15, 0.2) is 0 Å². The van der Waals surface area contributed by atoms with E-state index in [1.165, 1.54) is 0 Å². The maximum Gasteiger partial charge on any atom is 0.404 e. The highest BCUT2D eigenvalue weighted by Crippen LogP contribution is 2.32. The first-order valence-electron chi connectivity index (χ1n) is 6.92. The highest BCUT2D eigenvalue weighted by Gasteiger charge is 2.40. The van der Waals surface area contributed by atoms with Crippen molar-refractivity contribution in [3.63, 3.8) is 0 Å². The monoisotopic (exact) mass is 377 g/mol. The Balaban J connectivity index is 2.14. The Kier molecular flexibility index (Phi) is 5.33. The summed E-state index contributed by atoms with van der Waals surface area (Å²) in [5.74, 6) is -2.73. The number of nitrogens with zero attached hydrogens (tertiary/aromatic N) is 2. The van der Waals surface area contributed by atoms with Crippen LogP contribution in [-0.2, 0) is 11.3 Å². The molecule has 2 rings (SSSR count). The van der Waals surface area contributed by atoms with Gasteiger partial charge in [0, 0.05) is 25.2 Å². The molecule has 1 aromatic rings. The van der Waals surface area contributed by atoms with Crippen LogP contribution in [0.5, 0.6) is 0 Å². The van der Waals surface area contributed by atoms with E-state index in [4.69, 9.17) is 10.5 Å². The molecule has 0 unspecified atom stereocenters. The number of rotatable bonds is 4. The lowest BCUT2D eigenvalue weighted by Crippen LogP contribution is -2.50. The van der Waals surface area contributed by atoms with Gasteiger partial charge in [-0.3, -0.25) is 4.90 Å². The number of primary amides is 1. The van der Waals surface area contributed by atoms with Crippen molar-refractivity contribution < 1.29 is 18.3 Å². The number of hydrogen-bond donors (Lipinski definition) is 1. The Morgan fingerprint density at radius 3 is 3.05 bits per heavy atom. The third kappa shape index (κ3) is 4.61. The molecule has 122 valence electrons. The highest BCUT2D eigenvalue weighted by molar-refractivity contribution is 9.10. The van der Waals surface area contributed by atoms with E-state index in [0.717, 1.165) is 11.1 Å². The Morgan fingerprint density at radius 1 is 1.64 bits per heavy atom. The lowest BCUT2D eigenvalue weighted by atomic mass is 9.98. The fourth-order valence-corrected chi connectivity index (χ4v) is 2.92. The van der Waals surface area contributed by atoms with E-state index in [1.807, 2.05) is 13.0 Å². The second kappa shape index (κ2) is 6.87. The maximum atomic E-state index is 13.7. The van der Waals surface area contributed by atoms with Crippen molar-refractivity contribution >= 4 is 22.0 Å². The first-order chi connectivity index (χ1) is 10.3. The van der Waals surface area contributed by atoms with Crippen LogP contribution in [0.25, 0.3) is 0 Å². The van der Waals surface area contributed by atoms with Crippen molar-refractivity contribution in [3.05, 3.63) is 28.0 Å². The van der Waals surface area contributed by atoms with Gasteiger partial charge in [0.25, 0.3) is 5.92 Å². The van der Waals surface area contributed by atoms with Crippen LogP contribution >= 0.6 is 15.9 Å². The van der Waals surface area contributed by atoms with Gasteiger partial charge in [0.2, 0.25) is 0 Å². The summed E-state index contributed by atoms with van der Waals surface area (Å²) in [6.45, 7) is 1.89. The van der Waals surface area contributed by atoms with Gasteiger partial charge in [-0.25, -0.2) is 18.6 Å². The van der Waals surface area contributed by atoms with E-state index in [2.05, 4.69) is 20.9 Å². The van der Waals surface area contributed by atoms with Gasteiger partial charge < -0.3 is 10.5 Å². The molecule has 1 amide bonds. The molecule has 0 radical (unpaired) electrons. The van der Waals surface area contributed by atoms with Crippen LogP contribution < -0.4 is 5.73 Å². The summed E-state index contributed by atoms with van der Waals surface area (Å²) < 4.78 is 32.9. The predicted molar refractivity (Wildman–Crippen MR) is 80.6 cm³/mol. The number of aromatic nitrogens is 1. The van der Waals surface area contributed by atoms with Crippen LogP contribution in [0.1, 0.15) is 24.0 Å². The molecule has 1 aliphatic rings. The number of piperidine rings is 1. The van der Waals surface area contributed by atoms with Crippen LogP contribution in [0.4, 0.5) is 13.6 Å². The van der Waals surface area contributed by atoms with Gasteiger partial charge in [0.05, 0.1) is 6.54 Å². The number of carbonyl (C=O) groups is 1. The molecule has 0 saturated carbocycles. The summed E-state index contributed by atoms with van der Waals surface area (Å²) in [7, 11) is 0. The number of likely N-dealkylation sites (tertiary alicyclic amines) is 1. The minimum absolute atomic E-state index is 0.0245. The molecular weight excluding hydrogens is 360 g/mol. The zero-order chi connectivity index (χ0) is 16.3. The van der Waals surface area contributed by atoms with Crippen LogP contribution in [0.15, 0.2) is 16.9 Å². The average Bonchev–Trinajstić information content (AvgIpc) is 2.41. The SMILES string of the molecule is Cc1cnc(Br)cc1CN1CC(F)(F)CC[C@@H]1COC(N)=O. The summed E-state index contributed by atoms with van der Waals surface area (Å²) in [5.41, 5.74) is 6.79. The Bertz CT molecular complexity index is 557. The van der Waals surface area contributed by atoms with Gasteiger partial charge in [-0.1, -0.05) is 0 Å². The Morgan fingerprint density at radius 2 is 2.36 bits per heavy atom. The van der Waals surface area contributed by atoms with Gasteiger partial charge in [-0.05, 0) is 46.5 Å². The molecule has 1 fully saturated rings. The molecule has 1 aliphatic heterocycles. The highest BCUT2D eigenvalue weighted by atomic mass is 79.9. The zero-order valence-electron chi connectivity index (χ0n) is 12.2. The first kappa shape index (κ1) is 17.1. The quantitative estimate of drug-likeness (QED) is 0.819. The number of ether oxygens (including phenoxy) is 1. The van der Waals surface area contributed by atoms with Gasteiger partial charge in [0.1, 0.15) is 11.2 Å². The fraction of sp³-hybridized carbons (Fsp3) is 0.571. The molecule has 2 heterocycles. The van der Waals surface area contributed by atoms with Crippen molar-refractivity contribution in [2.75, 3.05) is 13.2 Å². The molecular formula is C14H18BrF2N3O2. The largest absolute Gasteiger partial charge is 0.448 e. The lowest BCUT2D eigenvalue weighted by Gasteiger charge is -2.39. The van der Waals surface area contributed by atoms with E-state index in [-0.39, 0.29) is 32.0 Å². The molecule has 0 spiro atoms. The number of alkyl halides is 2. The number of nitrogens with two attached hydrogens (primary N) is 1. The zero-order valence-corrected chi connectivity index (χ0v) is 13.8. The van der Waals surface area contributed by atoms with Crippen molar-refractivity contribution in [2.45, 2.75) is 38.3 Å². The number of carbonyl (C=O) groups excluding carboxylic acids is 1. The molecule has 0 bridgehead atoms. The Hall–Kier alpha value is -1.28. The van der Waals surface area contributed by atoms with Gasteiger partial charge in [-0.2, -0.15) is 0 Å². The van der Waals surface area contributed by atoms with E-state index in [0.29, 0.717) is 11.1 Å². The number of halogens is 3. The van der Waals surface area contributed by atoms with Gasteiger partial charge >= 0.3 is 6.09 Å². The fourth-order valence-electron chi connectivity index (χ4n) is 2.54. The lowest BCUT2D eigenvalue weighted by molar-refractivity contribution is -0.0929. The molecule has 22 heavy (non-hydrogen) atoms. The van der Waals surface area contributed by atoms with Crippen LogP contribution in [0, 0.1) is 6.92 Å². The average molecular weight is 378 g/mol. The van der Waals surface area contributed by atoms with Crippen molar-refractivity contribution in [1.29, 1.82) is 0 Å². The molecule has 1 saturated heterocycles. The first-order valence-corrected chi connectivity index (χ1v) is 7.71. The molecule has 0 aliphatic carbocycles. The number of aryl methyl sites for hydroxylation is 1. The maximum absolute atomic E-state index is 13.7. The number of amides is 1. The summed E-state index contributed by atoms with van der Waals surface area (Å²) in [6.07, 6.45) is 0.845. The van der Waals surface area contributed by atoms with Crippen LogP contribution in [-0.4, -0.2) is 41.1 Å². The number of hydrogen-bond acceptors (Lipinski definition) is 4. The van der Waals surface area contributed by atoms with Crippen molar-refractivity contribution in [1.82, 2.24) is 9.88 Å². The molecule has 0 aromatic carbocycles. The molecule has 2 N–H and O–H groups in total. The van der Waals surface area contributed by atoms with E-state index >= 15 is 0 Å².